The number of halogens is 6. The highest BCUT2D eigenvalue weighted by atomic mass is 35.5. The maximum Gasteiger partial charge on any atom is 0.463 e. The number of amides is 1. The molecule has 128 valence electrons. The van der Waals surface area contributed by atoms with Gasteiger partial charge < -0.3 is 4.57 Å². The van der Waals surface area contributed by atoms with Crippen molar-refractivity contribution in [2.45, 2.75) is 18.6 Å². The minimum atomic E-state index is -6.01. The molecule has 24 heavy (non-hydrogen) atoms. The second kappa shape index (κ2) is 6.68. The predicted octanol–water partition coefficient (Wildman–Crippen LogP) is 3.21. The molecule has 2 heterocycles. The summed E-state index contributed by atoms with van der Waals surface area (Å²) in [4.78, 5) is 18.0. The second-order valence-corrected chi connectivity index (χ2v) is 5.05. The van der Waals surface area contributed by atoms with Gasteiger partial charge in [-0.1, -0.05) is 23.7 Å². The fourth-order valence-electron chi connectivity index (χ4n) is 1.69. The highest BCUT2D eigenvalue weighted by Gasteiger charge is 2.63. The van der Waals surface area contributed by atoms with Gasteiger partial charge in [-0.3, -0.25) is 4.79 Å². The maximum absolute atomic E-state index is 13.0. The molecule has 10 heteroatoms. The zero-order chi connectivity index (χ0) is 18.0. The van der Waals surface area contributed by atoms with Crippen LogP contribution >= 0.6 is 11.6 Å². The van der Waals surface area contributed by atoms with Crippen LogP contribution < -0.4 is 5.49 Å². The monoisotopic (exact) mass is 365 g/mol. The smallest absolute Gasteiger partial charge is 0.328 e. The lowest BCUT2D eigenvalue weighted by Crippen LogP contribution is -2.44. The second-order valence-electron chi connectivity index (χ2n) is 4.67. The molecule has 0 fully saturated rings. The van der Waals surface area contributed by atoms with Crippen molar-refractivity contribution in [3.63, 3.8) is 0 Å². The van der Waals surface area contributed by atoms with E-state index >= 15 is 0 Å². The van der Waals surface area contributed by atoms with Gasteiger partial charge in [0.05, 0.1) is 6.54 Å². The van der Waals surface area contributed by atoms with E-state index in [1.807, 2.05) is 0 Å². The Balaban J connectivity index is 2.38. The summed E-state index contributed by atoms with van der Waals surface area (Å²) in [5.41, 5.74) is 0.239. The van der Waals surface area contributed by atoms with Crippen molar-refractivity contribution in [2.75, 3.05) is 0 Å². The number of nitrogens with zero attached hydrogens (tertiary/aromatic N) is 3. The van der Waals surface area contributed by atoms with Crippen molar-refractivity contribution >= 4 is 17.5 Å². The molecule has 0 saturated heterocycles. The Morgan fingerprint density at radius 1 is 1.17 bits per heavy atom. The molecular formula is C14H9ClF5N3O. The Kier molecular flexibility index (Phi) is 5.02. The molecule has 0 aromatic carbocycles. The number of alkyl halides is 5. The number of carbonyl (C=O) groups excluding carboxylic acids is 1. The van der Waals surface area contributed by atoms with Gasteiger partial charge >= 0.3 is 18.0 Å². The standard InChI is InChI=1S/C14H9ClF5N3O/c15-10-5-4-9(7-21-10)8-23-6-2-1-3-11(23)22-12(24)13(16,17)14(18,19)20/h1-7H,8H2/b22-11+. The largest absolute Gasteiger partial charge is 0.463 e. The molecule has 0 N–H and O–H groups in total. The molecule has 0 unspecified atom stereocenters. The Morgan fingerprint density at radius 2 is 1.88 bits per heavy atom. The molecule has 0 bridgehead atoms. The number of rotatable bonds is 3. The van der Waals surface area contributed by atoms with Crippen molar-refractivity contribution in [3.8, 4) is 0 Å². The van der Waals surface area contributed by atoms with Crippen LogP contribution in [0.1, 0.15) is 5.56 Å². The van der Waals surface area contributed by atoms with Crippen LogP contribution in [-0.4, -0.2) is 27.6 Å². The summed E-state index contributed by atoms with van der Waals surface area (Å²) in [6.45, 7) is 0.0503. The van der Waals surface area contributed by atoms with E-state index in [-0.39, 0.29) is 17.2 Å². The van der Waals surface area contributed by atoms with Crippen LogP contribution in [-0.2, 0) is 11.3 Å². The fourth-order valence-corrected chi connectivity index (χ4v) is 1.81. The third-order valence-electron chi connectivity index (χ3n) is 2.90. The summed E-state index contributed by atoms with van der Waals surface area (Å²) in [6.07, 6.45) is -3.22. The molecule has 1 amide bonds. The van der Waals surface area contributed by atoms with E-state index in [0.29, 0.717) is 5.56 Å². The van der Waals surface area contributed by atoms with E-state index < -0.39 is 18.0 Å². The third kappa shape index (κ3) is 3.97. The van der Waals surface area contributed by atoms with Crippen LogP contribution in [0.5, 0.6) is 0 Å². The molecule has 0 aliphatic carbocycles. The summed E-state index contributed by atoms with van der Waals surface area (Å²) >= 11 is 5.64. The molecule has 0 spiro atoms. The topological polar surface area (TPSA) is 47.2 Å². The van der Waals surface area contributed by atoms with Crippen LogP contribution in [0.3, 0.4) is 0 Å². The summed E-state index contributed by atoms with van der Waals surface area (Å²) in [5.74, 6) is -8.13. The average molecular weight is 366 g/mol. The van der Waals surface area contributed by atoms with Gasteiger partial charge in [0.25, 0.3) is 0 Å². The Bertz CT molecular complexity index is 799. The Labute approximate surface area is 137 Å². The molecule has 0 aliphatic rings. The molecule has 2 aromatic heterocycles. The van der Waals surface area contributed by atoms with Gasteiger partial charge in [0.1, 0.15) is 10.6 Å². The van der Waals surface area contributed by atoms with E-state index in [2.05, 4.69) is 9.98 Å². The average Bonchev–Trinajstić information content (AvgIpc) is 2.50. The van der Waals surface area contributed by atoms with Crippen molar-refractivity contribution < 1.29 is 26.7 Å². The van der Waals surface area contributed by atoms with Crippen LogP contribution in [0.15, 0.2) is 47.7 Å². The number of hydrogen-bond donors (Lipinski definition) is 0. The summed E-state index contributed by atoms with van der Waals surface area (Å²) in [7, 11) is 0. The van der Waals surface area contributed by atoms with Crippen molar-refractivity contribution in [3.05, 3.63) is 58.9 Å². The molecule has 0 aliphatic heterocycles. The summed E-state index contributed by atoms with van der Waals surface area (Å²) < 4.78 is 63.9. The lowest BCUT2D eigenvalue weighted by molar-refractivity contribution is -0.268. The van der Waals surface area contributed by atoms with Gasteiger partial charge in [-0.2, -0.15) is 26.9 Å². The Morgan fingerprint density at radius 3 is 2.46 bits per heavy atom. The summed E-state index contributed by atoms with van der Waals surface area (Å²) in [6, 6.07) is 7.09. The molecule has 2 aromatic rings. The van der Waals surface area contributed by atoms with Gasteiger partial charge in [-0.05, 0) is 23.8 Å². The van der Waals surface area contributed by atoms with E-state index in [4.69, 9.17) is 11.6 Å². The van der Waals surface area contributed by atoms with Crippen LogP contribution in [0.25, 0.3) is 0 Å². The number of aromatic nitrogens is 2. The van der Waals surface area contributed by atoms with E-state index in [1.165, 1.54) is 35.2 Å². The zero-order valence-electron chi connectivity index (χ0n) is 11.8. The van der Waals surface area contributed by atoms with E-state index in [0.717, 1.165) is 6.07 Å². The lowest BCUT2D eigenvalue weighted by Gasteiger charge is -2.15. The van der Waals surface area contributed by atoms with Gasteiger partial charge in [0.2, 0.25) is 0 Å². The highest BCUT2D eigenvalue weighted by Crippen LogP contribution is 2.36. The Hall–Kier alpha value is -2.29. The number of hydrogen-bond acceptors (Lipinski definition) is 2. The molecule has 2 rings (SSSR count). The van der Waals surface area contributed by atoms with Gasteiger partial charge in [0.15, 0.2) is 0 Å². The quantitative estimate of drug-likeness (QED) is 0.619. The highest BCUT2D eigenvalue weighted by molar-refractivity contribution is 6.29. The normalized spacial score (nSPS) is 13.2. The first kappa shape index (κ1) is 18.1. The molecule has 0 radical (unpaired) electrons. The van der Waals surface area contributed by atoms with Crippen LogP contribution in [0.4, 0.5) is 22.0 Å². The molecule has 4 nitrogen and oxygen atoms in total. The van der Waals surface area contributed by atoms with Crippen LogP contribution in [0, 0.1) is 0 Å². The first-order chi connectivity index (χ1) is 11.1. The number of carbonyl (C=O) groups is 1. The van der Waals surface area contributed by atoms with E-state index in [1.54, 1.807) is 6.07 Å². The zero-order valence-corrected chi connectivity index (χ0v) is 12.5. The molecular weight excluding hydrogens is 357 g/mol. The minimum Gasteiger partial charge on any atom is -0.328 e. The fraction of sp³-hybridized carbons (Fsp3) is 0.214. The minimum absolute atomic E-state index is 0.0503. The molecule has 0 saturated carbocycles. The van der Waals surface area contributed by atoms with Crippen molar-refractivity contribution in [1.29, 1.82) is 0 Å². The van der Waals surface area contributed by atoms with Crippen LogP contribution in [0.2, 0.25) is 5.15 Å². The van der Waals surface area contributed by atoms with Crippen molar-refractivity contribution in [1.82, 2.24) is 9.55 Å². The number of pyridine rings is 2. The van der Waals surface area contributed by atoms with Gasteiger partial charge in [0, 0.05) is 12.4 Å². The van der Waals surface area contributed by atoms with Gasteiger partial charge in [-0.15, -0.1) is 0 Å². The van der Waals surface area contributed by atoms with E-state index in [9.17, 15) is 26.7 Å². The van der Waals surface area contributed by atoms with Crippen molar-refractivity contribution in [2.24, 2.45) is 4.99 Å². The molecule has 0 atom stereocenters. The first-order valence-corrected chi connectivity index (χ1v) is 6.78. The predicted molar refractivity (Wildman–Crippen MR) is 74.4 cm³/mol. The lowest BCUT2D eigenvalue weighted by atomic mass is 10.3. The third-order valence-corrected chi connectivity index (χ3v) is 3.12. The van der Waals surface area contributed by atoms with Gasteiger partial charge in [-0.25, -0.2) is 4.98 Å². The summed E-state index contributed by atoms with van der Waals surface area (Å²) in [5, 5.41) is 0.238. The SMILES string of the molecule is O=C(/N=c1\ccccn1Cc1ccc(Cl)nc1)C(F)(F)C(F)(F)F. The maximum atomic E-state index is 13.0. The first-order valence-electron chi connectivity index (χ1n) is 6.41.